The van der Waals surface area contributed by atoms with Gasteiger partial charge in [-0.2, -0.15) is 0 Å². The van der Waals surface area contributed by atoms with Crippen LogP contribution in [0, 0.1) is 11.8 Å². The van der Waals surface area contributed by atoms with Crippen molar-refractivity contribution in [2.24, 2.45) is 17.6 Å². The first-order valence-corrected chi connectivity index (χ1v) is 5.86. The minimum absolute atomic E-state index is 0.0936. The SMILES string of the molecule is CCN(CC(C)C(N)=S)C(=O)CC(C)C. The van der Waals surface area contributed by atoms with Crippen LogP contribution in [0.3, 0.4) is 0 Å². The van der Waals surface area contributed by atoms with Crippen LogP contribution >= 0.6 is 12.2 Å². The van der Waals surface area contributed by atoms with Crippen molar-refractivity contribution in [3.8, 4) is 0 Å². The number of rotatable bonds is 6. The second-order valence-corrected chi connectivity index (χ2v) is 4.81. The average molecular weight is 230 g/mol. The first kappa shape index (κ1) is 14.4. The molecule has 0 aliphatic heterocycles. The van der Waals surface area contributed by atoms with Crippen molar-refractivity contribution in [3.05, 3.63) is 0 Å². The van der Waals surface area contributed by atoms with Gasteiger partial charge in [-0.05, 0) is 12.8 Å². The van der Waals surface area contributed by atoms with Crippen LogP contribution in [-0.4, -0.2) is 28.9 Å². The number of carbonyl (C=O) groups excluding carboxylic acids is 1. The molecule has 0 aliphatic rings. The number of carbonyl (C=O) groups is 1. The van der Waals surface area contributed by atoms with Gasteiger partial charge in [-0.15, -0.1) is 0 Å². The fourth-order valence-corrected chi connectivity index (χ4v) is 1.38. The molecule has 15 heavy (non-hydrogen) atoms. The molecule has 0 spiro atoms. The Morgan fingerprint density at radius 3 is 2.27 bits per heavy atom. The fourth-order valence-electron chi connectivity index (χ4n) is 1.31. The Hall–Kier alpha value is -0.640. The van der Waals surface area contributed by atoms with Crippen molar-refractivity contribution in [3.63, 3.8) is 0 Å². The van der Waals surface area contributed by atoms with Gasteiger partial charge in [0.1, 0.15) is 0 Å². The summed E-state index contributed by atoms with van der Waals surface area (Å²) in [5, 5.41) is 0. The van der Waals surface area contributed by atoms with Crippen LogP contribution in [0.4, 0.5) is 0 Å². The molecular weight excluding hydrogens is 208 g/mol. The maximum atomic E-state index is 11.8. The summed E-state index contributed by atoms with van der Waals surface area (Å²) in [4.78, 5) is 14.1. The molecule has 0 fully saturated rings. The van der Waals surface area contributed by atoms with Gasteiger partial charge in [-0.1, -0.05) is 33.0 Å². The van der Waals surface area contributed by atoms with E-state index in [1.807, 2.05) is 32.6 Å². The zero-order chi connectivity index (χ0) is 12.0. The lowest BCUT2D eigenvalue weighted by atomic mass is 10.1. The molecule has 88 valence electrons. The van der Waals surface area contributed by atoms with E-state index in [4.69, 9.17) is 18.0 Å². The van der Waals surface area contributed by atoms with E-state index in [9.17, 15) is 4.79 Å². The van der Waals surface area contributed by atoms with E-state index < -0.39 is 0 Å². The van der Waals surface area contributed by atoms with Gasteiger partial charge in [0.15, 0.2) is 0 Å². The molecule has 1 amide bonds. The van der Waals surface area contributed by atoms with Crippen molar-refractivity contribution >= 4 is 23.1 Å². The van der Waals surface area contributed by atoms with E-state index >= 15 is 0 Å². The Morgan fingerprint density at radius 2 is 1.93 bits per heavy atom. The summed E-state index contributed by atoms with van der Waals surface area (Å²) in [6.07, 6.45) is 0.595. The molecule has 0 heterocycles. The monoisotopic (exact) mass is 230 g/mol. The molecule has 0 saturated heterocycles. The van der Waals surface area contributed by atoms with E-state index in [0.29, 0.717) is 23.9 Å². The molecule has 0 aliphatic carbocycles. The van der Waals surface area contributed by atoms with Gasteiger partial charge in [0.2, 0.25) is 5.91 Å². The van der Waals surface area contributed by atoms with Gasteiger partial charge in [0.25, 0.3) is 0 Å². The molecule has 1 unspecified atom stereocenters. The van der Waals surface area contributed by atoms with Crippen molar-refractivity contribution in [1.82, 2.24) is 4.90 Å². The third-order valence-corrected chi connectivity index (χ3v) is 2.70. The second-order valence-electron chi connectivity index (χ2n) is 4.33. The minimum Gasteiger partial charge on any atom is -0.393 e. The van der Waals surface area contributed by atoms with E-state index in [2.05, 4.69) is 0 Å². The predicted octanol–water partition coefficient (Wildman–Crippen LogP) is 1.80. The fraction of sp³-hybridized carbons (Fsp3) is 0.818. The van der Waals surface area contributed by atoms with Crippen molar-refractivity contribution in [2.75, 3.05) is 13.1 Å². The largest absolute Gasteiger partial charge is 0.393 e. The lowest BCUT2D eigenvalue weighted by Gasteiger charge is -2.24. The maximum absolute atomic E-state index is 11.8. The molecule has 0 aromatic carbocycles. The molecule has 1 atom stereocenters. The highest BCUT2D eigenvalue weighted by molar-refractivity contribution is 7.80. The zero-order valence-corrected chi connectivity index (χ0v) is 10.9. The van der Waals surface area contributed by atoms with Crippen molar-refractivity contribution in [1.29, 1.82) is 0 Å². The third kappa shape index (κ3) is 5.72. The molecule has 0 aromatic rings. The first-order chi connectivity index (χ1) is 6.88. The molecule has 4 heteroatoms. The van der Waals surface area contributed by atoms with E-state index in [-0.39, 0.29) is 11.8 Å². The Labute approximate surface area is 98.0 Å². The lowest BCUT2D eigenvalue weighted by molar-refractivity contribution is -0.132. The minimum atomic E-state index is 0.0936. The zero-order valence-electron chi connectivity index (χ0n) is 10.1. The highest BCUT2D eigenvalue weighted by atomic mass is 32.1. The van der Waals surface area contributed by atoms with Gasteiger partial charge in [0.05, 0.1) is 4.99 Å². The molecule has 0 bridgehead atoms. The van der Waals surface area contributed by atoms with Crippen molar-refractivity contribution in [2.45, 2.75) is 34.1 Å². The molecule has 3 nitrogen and oxygen atoms in total. The summed E-state index contributed by atoms with van der Waals surface area (Å²) in [5.41, 5.74) is 5.53. The van der Waals surface area contributed by atoms with Crippen LogP contribution < -0.4 is 5.73 Å². The highest BCUT2D eigenvalue weighted by Crippen LogP contribution is 2.07. The van der Waals surface area contributed by atoms with Gasteiger partial charge < -0.3 is 10.6 Å². The third-order valence-electron chi connectivity index (χ3n) is 2.30. The van der Waals surface area contributed by atoms with Gasteiger partial charge in [0, 0.05) is 25.4 Å². The smallest absolute Gasteiger partial charge is 0.222 e. The molecule has 0 rings (SSSR count). The summed E-state index contributed by atoms with van der Waals surface area (Å²) in [5.74, 6) is 0.679. The lowest BCUT2D eigenvalue weighted by Crippen LogP contribution is -2.38. The molecule has 0 radical (unpaired) electrons. The van der Waals surface area contributed by atoms with Crippen LogP contribution in [0.2, 0.25) is 0 Å². The van der Waals surface area contributed by atoms with Crippen LogP contribution in [0.15, 0.2) is 0 Å². The number of hydrogen-bond donors (Lipinski definition) is 1. The second kappa shape index (κ2) is 6.77. The van der Waals surface area contributed by atoms with Gasteiger partial charge in [-0.25, -0.2) is 0 Å². The van der Waals surface area contributed by atoms with E-state index in [1.165, 1.54) is 0 Å². The number of nitrogens with two attached hydrogens (primary N) is 1. The number of amides is 1. The predicted molar refractivity (Wildman–Crippen MR) is 67.7 cm³/mol. The van der Waals surface area contributed by atoms with E-state index in [0.717, 1.165) is 6.54 Å². The average Bonchev–Trinajstić information content (AvgIpc) is 2.11. The molecular formula is C11H22N2OS. The molecule has 2 N–H and O–H groups in total. The summed E-state index contributed by atoms with van der Waals surface area (Å²) >= 11 is 4.90. The summed E-state index contributed by atoms with van der Waals surface area (Å²) in [6, 6.07) is 0. The van der Waals surface area contributed by atoms with Gasteiger partial charge >= 0.3 is 0 Å². The topological polar surface area (TPSA) is 46.3 Å². The Morgan fingerprint density at radius 1 is 1.40 bits per heavy atom. The van der Waals surface area contributed by atoms with E-state index in [1.54, 1.807) is 0 Å². The number of nitrogens with zero attached hydrogens (tertiary/aromatic N) is 1. The van der Waals surface area contributed by atoms with Crippen molar-refractivity contribution < 1.29 is 4.79 Å². The Kier molecular flexibility index (Phi) is 6.48. The van der Waals surface area contributed by atoms with Gasteiger partial charge in [-0.3, -0.25) is 4.79 Å². The molecule has 0 aromatic heterocycles. The van der Waals surface area contributed by atoms with Crippen LogP contribution in [0.25, 0.3) is 0 Å². The normalized spacial score (nSPS) is 12.6. The van der Waals surface area contributed by atoms with Crippen LogP contribution in [0.1, 0.15) is 34.1 Å². The summed E-state index contributed by atoms with van der Waals surface area (Å²) in [6.45, 7) is 9.37. The van der Waals surface area contributed by atoms with Crippen LogP contribution in [-0.2, 0) is 4.79 Å². The number of hydrogen-bond acceptors (Lipinski definition) is 2. The standard InChI is InChI=1S/C11H22N2OS/c1-5-13(7-9(4)11(12)15)10(14)6-8(2)3/h8-9H,5-7H2,1-4H3,(H2,12,15). The summed E-state index contributed by atoms with van der Waals surface area (Å²) < 4.78 is 0. The molecule has 0 saturated carbocycles. The first-order valence-electron chi connectivity index (χ1n) is 5.45. The highest BCUT2D eigenvalue weighted by Gasteiger charge is 2.16. The maximum Gasteiger partial charge on any atom is 0.222 e. The quantitative estimate of drug-likeness (QED) is 0.708. The Balaban J connectivity index is 4.24. The summed E-state index contributed by atoms with van der Waals surface area (Å²) in [7, 11) is 0. The number of thiocarbonyl (C=S) groups is 1. The Bertz CT molecular complexity index is 229. The van der Waals surface area contributed by atoms with Crippen LogP contribution in [0.5, 0.6) is 0 Å².